The molecule has 114 valence electrons. The van der Waals surface area contributed by atoms with Crippen LogP contribution in [0.5, 0.6) is 0 Å². The quantitative estimate of drug-likeness (QED) is 0.841. The molecule has 6 nitrogen and oxygen atoms in total. The molecule has 0 atom stereocenters. The van der Waals surface area contributed by atoms with Gasteiger partial charge in [-0.05, 0) is 24.6 Å². The fourth-order valence-electron chi connectivity index (χ4n) is 1.92. The maximum absolute atomic E-state index is 12.3. The molecular weight excluding hydrogens is 272 g/mol. The second-order valence-corrected chi connectivity index (χ2v) is 4.70. The van der Waals surface area contributed by atoms with Crippen molar-refractivity contribution in [2.45, 2.75) is 20.3 Å². The molecule has 21 heavy (non-hydrogen) atoms. The Hall–Kier alpha value is -2.37. The number of hydrogen-bond acceptors (Lipinski definition) is 4. The van der Waals surface area contributed by atoms with Crippen LogP contribution in [0.25, 0.3) is 0 Å². The van der Waals surface area contributed by atoms with Crippen LogP contribution in [-0.2, 0) is 9.53 Å². The highest BCUT2D eigenvalue weighted by atomic mass is 16.5. The van der Waals surface area contributed by atoms with Gasteiger partial charge < -0.3 is 15.0 Å². The van der Waals surface area contributed by atoms with Crippen LogP contribution in [0.15, 0.2) is 18.2 Å². The number of anilines is 1. The molecule has 1 aromatic rings. The molecule has 0 saturated carbocycles. The van der Waals surface area contributed by atoms with E-state index in [1.807, 2.05) is 6.92 Å². The Kier molecular flexibility index (Phi) is 5.90. The first-order chi connectivity index (χ1) is 9.88. The highest BCUT2D eigenvalue weighted by molar-refractivity contribution is 6.00. The van der Waals surface area contributed by atoms with Crippen molar-refractivity contribution in [3.8, 4) is 0 Å². The Morgan fingerprint density at radius 2 is 1.81 bits per heavy atom. The van der Waals surface area contributed by atoms with Gasteiger partial charge in [0.2, 0.25) is 5.91 Å². The minimum absolute atomic E-state index is 0.214. The van der Waals surface area contributed by atoms with Crippen molar-refractivity contribution < 1.29 is 19.1 Å². The first kappa shape index (κ1) is 16.7. The SMILES string of the molecule is CCCN(C)C(=O)c1cc(NC(C)=O)cc(C(=O)OC)c1. The number of hydrogen-bond donors (Lipinski definition) is 1. The summed E-state index contributed by atoms with van der Waals surface area (Å²) in [6.45, 7) is 3.93. The topological polar surface area (TPSA) is 75.7 Å². The largest absolute Gasteiger partial charge is 0.465 e. The maximum atomic E-state index is 12.3. The van der Waals surface area contributed by atoms with Gasteiger partial charge in [0.05, 0.1) is 12.7 Å². The molecule has 2 amide bonds. The van der Waals surface area contributed by atoms with Crippen molar-refractivity contribution in [1.82, 2.24) is 4.90 Å². The number of amides is 2. The van der Waals surface area contributed by atoms with Crippen LogP contribution in [0.2, 0.25) is 0 Å². The summed E-state index contributed by atoms with van der Waals surface area (Å²) < 4.78 is 4.66. The van der Waals surface area contributed by atoms with Crippen molar-refractivity contribution >= 4 is 23.5 Å². The van der Waals surface area contributed by atoms with Gasteiger partial charge in [-0.25, -0.2) is 4.79 Å². The Morgan fingerprint density at radius 3 is 2.33 bits per heavy atom. The summed E-state index contributed by atoms with van der Waals surface area (Å²) >= 11 is 0. The third-order valence-electron chi connectivity index (χ3n) is 2.83. The first-order valence-corrected chi connectivity index (χ1v) is 6.65. The van der Waals surface area contributed by atoms with Gasteiger partial charge in [-0.2, -0.15) is 0 Å². The predicted octanol–water partition coefficient (Wildman–Crippen LogP) is 1.91. The van der Waals surface area contributed by atoms with Crippen LogP contribution in [0.1, 0.15) is 41.0 Å². The summed E-state index contributed by atoms with van der Waals surface area (Å²) in [7, 11) is 2.95. The standard InChI is InChI=1S/C15H20N2O4/c1-5-6-17(3)14(19)11-7-12(15(20)21-4)9-13(8-11)16-10(2)18/h7-9H,5-6H2,1-4H3,(H,16,18). The molecule has 0 heterocycles. The van der Waals surface area contributed by atoms with E-state index in [-0.39, 0.29) is 17.4 Å². The van der Waals surface area contributed by atoms with Crippen LogP contribution in [0.3, 0.4) is 0 Å². The average molecular weight is 292 g/mol. The van der Waals surface area contributed by atoms with Crippen LogP contribution in [0.4, 0.5) is 5.69 Å². The summed E-state index contributed by atoms with van der Waals surface area (Å²) in [6.07, 6.45) is 0.831. The molecule has 0 aromatic heterocycles. The molecule has 0 radical (unpaired) electrons. The zero-order chi connectivity index (χ0) is 16.0. The summed E-state index contributed by atoms with van der Waals surface area (Å²) in [4.78, 5) is 36.7. The van der Waals surface area contributed by atoms with Crippen molar-refractivity contribution in [2.75, 3.05) is 26.0 Å². The molecule has 0 unspecified atom stereocenters. The van der Waals surface area contributed by atoms with Gasteiger partial charge in [0.15, 0.2) is 0 Å². The number of carbonyl (C=O) groups is 3. The Balaban J connectivity index is 3.20. The monoisotopic (exact) mass is 292 g/mol. The van der Waals surface area contributed by atoms with Crippen LogP contribution >= 0.6 is 0 Å². The van der Waals surface area contributed by atoms with Crippen molar-refractivity contribution in [3.05, 3.63) is 29.3 Å². The minimum Gasteiger partial charge on any atom is -0.465 e. The van der Waals surface area contributed by atoms with E-state index in [0.717, 1.165) is 6.42 Å². The maximum Gasteiger partial charge on any atom is 0.337 e. The molecule has 6 heteroatoms. The number of esters is 1. The molecule has 0 aliphatic carbocycles. The average Bonchev–Trinajstić information content (AvgIpc) is 2.44. The fraction of sp³-hybridized carbons (Fsp3) is 0.400. The van der Waals surface area contributed by atoms with Gasteiger partial charge in [0.1, 0.15) is 0 Å². The highest BCUT2D eigenvalue weighted by Crippen LogP contribution is 2.17. The number of benzene rings is 1. The molecule has 0 aliphatic heterocycles. The van der Waals surface area contributed by atoms with Gasteiger partial charge >= 0.3 is 5.97 Å². The summed E-state index contributed by atoms with van der Waals surface area (Å²) in [5.74, 6) is -1.05. The lowest BCUT2D eigenvalue weighted by Crippen LogP contribution is -2.27. The van der Waals surface area contributed by atoms with Crippen molar-refractivity contribution in [2.24, 2.45) is 0 Å². The molecule has 1 aromatic carbocycles. The van der Waals surface area contributed by atoms with E-state index >= 15 is 0 Å². The molecule has 0 spiro atoms. The Labute approximate surface area is 124 Å². The van der Waals surface area contributed by atoms with E-state index in [9.17, 15) is 14.4 Å². The smallest absolute Gasteiger partial charge is 0.337 e. The normalized spacial score (nSPS) is 9.90. The van der Waals surface area contributed by atoms with E-state index in [2.05, 4.69) is 10.1 Å². The molecule has 0 bridgehead atoms. The minimum atomic E-state index is -0.561. The van der Waals surface area contributed by atoms with Crippen molar-refractivity contribution in [3.63, 3.8) is 0 Å². The third-order valence-corrected chi connectivity index (χ3v) is 2.83. The molecular formula is C15H20N2O4. The van der Waals surface area contributed by atoms with Crippen LogP contribution in [0, 0.1) is 0 Å². The van der Waals surface area contributed by atoms with Gasteiger partial charge in [-0.3, -0.25) is 9.59 Å². The van der Waals surface area contributed by atoms with Crippen molar-refractivity contribution in [1.29, 1.82) is 0 Å². The summed E-state index contributed by atoms with van der Waals surface area (Å²) in [6, 6.07) is 4.48. The number of carbonyl (C=O) groups excluding carboxylic acids is 3. The zero-order valence-corrected chi connectivity index (χ0v) is 12.7. The molecule has 1 rings (SSSR count). The number of rotatable bonds is 5. The number of ether oxygens (including phenoxy) is 1. The highest BCUT2D eigenvalue weighted by Gasteiger charge is 2.16. The van der Waals surface area contributed by atoms with Crippen LogP contribution in [-0.4, -0.2) is 43.4 Å². The van der Waals surface area contributed by atoms with E-state index in [1.54, 1.807) is 18.0 Å². The lowest BCUT2D eigenvalue weighted by atomic mass is 10.1. The number of methoxy groups -OCH3 is 1. The number of nitrogens with one attached hydrogen (secondary N) is 1. The Morgan fingerprint density at radius 1 is 1.19 bits per heavy atom. The zero-order valence-electron chi connectivity index (χ0n) is 12.7. The first-order valence-electron chi connectivity index (χ1n) is 6.65. The molecule has 0 fully saturated rings. The third kappa shape index (κ3) is 4.59. The number of nitrogens with zero attached hydrogens (tertiary/aromatic N) is 1. The second kappa shape index (κ2) is 7.42. The van der Waals surface area contributed by atoms with E-state index < -0.39 is 5.97 Å². The van der Waals surface area contributed by atoms with Gasteiger partial charge in [0, 0.05) is 31.8 Å². The summed E-state index contributed by atoms with van der Waals surface area (Å²) in [5, 5.41) is 2.57. The lowest BCUT2D eigenvalue weighted by Gasteiger charge is -2.17. The molecule has 0 aliphatic rings. The van der Waals surface area contributed by atoms with Gasteiger partial charge in [-0.1, -0.05) is 6.92 Å². The molecule has 1 N–H and O–H groups in total. The summed E-state index contributed by atoms with van der Waals surface area (Å²) in [5.41, 5.74) is 0.938. The van der Waals surface area contributed by atoms with Gasteiger partial charge in [-0.15, -0.1) is 0 Å². The van der Waals surface area contributed by atoms with Gasteiger partial charge in [0.25, 0.3) is 5.91 Å². The molecule has 0 saturated heterocycles. The Bertz CT molecular complexity index is 555. The van der Waals surface area contributed by atoms with Crippen LogP contribution < -0.4 is 5.32 Å². The second-order valence-electron chi connectivity index (χ2n) is 4.70. The van der Waals surface area contributed by atoms with E-state index in [0.29, 0.717) is 17.8 Å². The van der Waals surface area contributed by atoms with E-state index in [4.69, 9.17) is 0 Å². The van der Waals surface area contributed by atoms with E-state index in [1.165, 1.54) is 26.2 Å². The predicted molar refractivity (Wildman–Crippen MR) is 79.3 cm³/mol. The lowest BCUT2D eigenvalue weighted by molar-refractivity contribution is -0.114. The fourth-order valence-corrected chi connectivity index (χ4v) is 1.92.